The first-order valence-electron chi connectivity index (χ1n) is 6.31. The van der Waals surface area contributed by atoms with Crippen molar-refractivity contribution < 1.29 is 0 Å². The highest BCUT2D eigenvalue weighted by molar-refractivity contribution is 4.94. The van der Waals surface area contributed by atoms with E-state index in [2.05, 4.69) is 30.8 Å². The van der Waals surface area contributed by atoms with Gasteiger partial charge in [-0.3, -0.25) is 0 Å². The smallest absolute Gasteiger partial charge is 0.0162 e. The molecule has 0 atom stereocenters. The van der Waals surface area contributed by atoms with Crippen molar-refractivity contribution in [2.24, 2.45) is 0 Å². The molecule has 0 aromatic heterocycles. The Bertz CT molecular complexity index is 183. The molecule has 2 heteroatoms. The molecule has 88 valence electrons. The van der Waals surface area contributed by atoms with Gasteiger partial charge in [0.1, 0.15) is 0 Å². The average Bonchev–Trinajstić information content (AvgIpc) is 2.77. The van der Waals surface area contributed by atoms with E-state index in [4.69, 9.17) is 0 Å². The van der Waals surface area contributed by atoms with E-state index < -0.39 is 0 Å². The van der Waals surface area contributed by atoms with Crippen LogP contribution in [0.5, 0.6) is 0 Å². The fourth-order valence-corrected chi connectivity index (χ4v) is 2.17. The van der Waals surface area contributed by atoms with Gasteiger partial charge in [-0.2, -0.15) is 0 Å². The highest BCUT2D eigenvalue weighted by Gasteiger charge is 2.18. The standard InChI is InChI=1S/C13H26N2/c1-4-12(2)11-14-9-10-15(3)13-7-5-6-8-13/h13-14H,2,4-11H2,1,3H3. The van der Waals surface area contributed by atoms with Crippen molar-refractivity contribution in [2.75, 3.05) is 26.7 Å². The Morgan fingerprint density at radius 1 is 1.40 bits per heavy atom. The van der Waals surface area contributed by atoms with Gasteiger partial charge >= 0.3 is 0 Å². The summed E-state index contributed by atoms with van der Waals surface area (Å²) in [7, 11) is 2.26. The number of rotatable bonds is 7. The Hall–Kier alpha value is -0.340. The van der Waals surface area contributed by atoms with Crippen LogP contribution in [0.2, 0.25) is 0 Å². The van der Waals surface area contributed by atoms with Crippen molar-refractivity contribution >= 4 is 0 Å². The highest BCUT2D eigenvalue weighted by Crippen LogP contribution is 2.21. The zero-order valence-corrected chi connectivity index (χ0v) is 10.4. The zero-order valence-electron chi connectivity index (χ0n) is 10.4. The normalized spacial score (nSPS) is 17.5. The molecule has 0 aliphatic heterocycles. The van der Waals surface area contributed by atoms with Crippen molar-refractivity contribution in [1.82, 2.24) is 10.2 Å². The summed E-state index contributed by atoms with van der Waals surface area (Å²) < 4.78 is 0. The van der Waals surface area contributed by atoms with Crippen molar-refractivity contribution in [3.63, 3.8) is 0 Å². The van der Waals surface area contributed by atoms with E-state index in [0.29, 0.717) is 0 Å². The zero-order chi connectivity index (χ0) is 11.1. The molecule has 1 fully saturated rings. The molecular formula is C13H26N2. The van der Waals surface area contributed by atoms with Gasteiger partial charge in [0.25, 0.3) is 0 Å². The molecular weight excluding hydrogens is 184 g/mol. The lowest BCUT2D eigenvalue weighted by molar-refractivity contribution is 0.246. The molecule has 1 saturated carbocycles. The van der Waals surface area contributed by atoms with Crippen molar-refractivity contribution in [1.29, 1.82) is 0 Å². The second-order valence-electron chi connectivity index (χ2n) is 4.70. The monoisotopic (exact) mass is 210 g/mol. The maximum atomic E-state index is 3.99. The van der Waals surface area contributed by atoms with Gasteiger partial charge in [-0.25, -0.2) is 0 Å². The summed E-state index contributed by atoms with van der Waals surface area (Å²) in [6.07, 6.45) is 6.74. The predicted molar refractivity (Wildman–Crippen MR) is 67.2 cm³/mol. The van der Waals surface area contributed by atoms with Crippen LogP contribution in [0.4, 0.5) is 0 Å². The molecule has 1 rings (SSSR count). The van der Waals surface area contributed by atoms with Gasteiger partial charge in [-0.05, 0) is 26.3 Å². The van der Waals surface area contributed by atoms with Crippen LogP contribution in [-0.2, 0) is 0 Å². The van der Waals surface area contributed by atoms with Gasteiger partial charge < -0.3 is 10.2 Å². The SMILES string of the molecule is C=C(CC)CNCCN(C)C1CCCC1. The molecule has 15 heavy (non-hydrogen) atoms. The van der Waals surface area contributed by atoms with Crippen LogP contribution in [0.3, 0.4) is 0 Å². The molecule has 0 heterocycles. The minimum absolute atomic E-state index is 0.848. The van der Waals surface area contributed by atoms with Crippen LogP contribution in [0, 0.1) is 0 Å². The minimum atomic E-state index is 0.848. The van der Waals surface area contributed by atoms with Gasteiger partial charge in [-0.1, -0.05) is 31.9 Å². The topological polar surface area (TPSA) is 15.3 Å². The fraction of sp³-hybridized carbons (Fsp3) is 0.846. The number of nitrogens with one attached hydrogen (secondary N) is 1. The third kappa shape index (κ3) is 4.80. The van der Waals surface area contributed by atoms with Gasteiger partial charge in [0.15, 0.2) is 0 Å². The Morgan fingerprint density at radius 3 is 2.67 bits per heavy atom. The Balaban J connectivity index is 2.01. The second-order valence-corrected chi connectivity index (χ2v) is 4.70. The summed E-state index contributed by atoms with van der Waals surface area (Å²) in [6.45, 7) is 9.39. The molecule has 1 aliphatic carbocycles. The summed E-state index contributed by atoms with van der Waals surface area (Å²) in [5.41, 5.74) is 1.30. The summed E-state index contributed by atoms with van der Waals surface area (Å²) in [5, 5.41) is 3.45. The van der Waals surface area contributed by atoms with E-state index in [1.54, 1.807) is 0 Å². The summed E-state index contributed by atoms with van der Waals surface area (Å²) >= 11 is 0. The van der Waals surface area contributed by atoms with Gasteiger partial charge in [0.05, 0.1) is 0 Å². The van der Waals surface area contributed by atoms with Gasteiger partial charge in [0.2, 0.25) is 0 Å². The molecule has 0 amide bonds. The molecule has 0 unspecified atom stereocenters. The summed E-state index contributed by atoms with van der Waals surface area (Å²) in [4.78, 5) is 2.51. The molecule has 1 aliphatic rings. The van der Waals surface area contributed by atoms with Crippen LogP contribution in [0.15, 0.2) is 12.2 Å². The number of likely N-dealkylation sites (N-methyl/N-ethyl adjacent to an activating group) is 1. The van der Waals surface area contributed by atoms with Crippen molar-refractivity contribution in [3.05, 3.63) is 12.2 Å². The van der Waals surface area contributed by atoms with E-state index in [-0.39, 0.29) is 0 Å². The number of nitrogens with zero attached hydrogens (tertiary/aromatic N) is 1. The molecule has 0 aromatic carbocycles. The lowest BCUT2D eigenvalue weighted by Gasteiger charge is -2.24. The first-order valence-corrected chi connectivity index (χ1v) is 6.31. The van der Waals surface area contributed by atoms with E-state index in [1.807, 2.05) is 0 Å². The summed E-state index contributed by atoms with van der Waals surface area (Å²) in [6, 6.07) is 0.848. The molecule has 0 radical (unpaired) electrons. The van der Waals surface area contributed by atoms with Crippen LogP contribution in [0.25, 0.3) is 0 Å². The second kappa shape index (κ2) is 7.02. The maximum Gasteiger partial charge on any atom is 0.0162 e. The van der Waals surface area contributed by atoms with Gasteiger partial charge in [0, 0.05) is 25.7 Å². The van der Waals surface area contributed by atoms with Crippen molar-refractivity contribution in [3.8, 4) is 0 Å². The third-order valence-electron chi connectivity index (χ3n) is 3.46. The molecule has 0 bridgehead atoms. The molecule has 0 aromatic rings. The molecule has 0 spiro atoms. The molecule has 0 saturated heterocycles. The largest absolute Gasteiger partial charge is 0.312 e. The van der Waals surface area contributed by atoms with Crippen LogP contribution in [0.1, 0.15) is 39.0 Å². The minimum Gasteiger partial charge on any atom is -0.312 e. The van der Waals surface area contributed by atoms with Crippen LogP contribution in [-0.4, -0.2) is 37.6 Å². The first kappa shape index (κ1) is 12.7. The third-order valence-corrected chi connectivity index (χ3v) is 3.46. The average molecular weight is 210 g/mol. The quantitative estimate of drug-likeness (QED) is 0.513. The van der Waals surface area contributed by atoms with E-state index in [0.717, 1.165) is 25.6 Å². The highest BCUT2D eigenvalue weighted by atomic mass is 15.1. The van der Waals surface area contributed by atoms with Gasteiger partial charge in [-0.15, -0.1) is 0 Å². The van der Waals surface area contributed by atoms with Crippen molar-refractivity contribution in [2.45, 2.75) is 45.1 Å². The predicted octanol–water partition coefficient (Wildman–Crippen LogP) is 2.42. The fourth-order valence-electron chi connectivity index (χ4n) is 2.17. The van der Waals surface area contributed by atoms with Crippen LogP contribution >= 0.6 is 0 Å². The number of hydrogen-bond acceptors (Lipinski definition) is 2. The van der Waals surface area contributed by atoms with E-state index in [1.165, 1.54) is 37.8 Å². The van der Waals surface area contributed by atoms with E-state index >= 15 is 0 Å². The Morgan fingerprint density at radius 2 is 2.07 bits per heavy atom. The Labute approximate surface area is 94.7 Å². The first-order chi connectivity index (χ1) is 7.24. The summed E-state index contributed by atoms with van der Waals surface area (Å²) in [5.74, 6) is 0. The maximum absolute atomic E-state index is 3.99. The Kier molecular flexibility index (Phi) is 5.96. The molecule has 2 nitrogen and oxygen atoms in total. The van der Waals surface area contributed by atoms with Crippen LogP contribution < -0.4 is 5.32 Å². The van der Waals surface area contributed by atoms with E-state index in [9.17, 15) is 0 Å². The number of hydrogen-bond donors (Lipinski definition) is 1. The molecule has 1 N–H and O–H groups in total. The lowest BCUT2D eigenvalue weighted by atomic mass is 10.2. The lowest BCUT2D eigenvalue weighted by Crippen LogP contribution is -2.35.